The molecule has 1 aliphatic heterocycles. The lowest BCUT2D eigenvalue weighted by atomic mass is 10.0. The number of benzene rings is 1. The Morgan fingerprint density at radius 1 is 1.21 bits per heavy atom. The summed E-state index contributed by atoms with van der Waals surface area (Å²) in [7, 11) is 1.87. The number of hydrogen-bond donors (Lipinski definition) is 1. The maximum absolute atomic E-state index is 12.3. The summed E-state index contributed by atoms with van der Waals surface area (Å²) < 4.78 is 0. The molecule has 0 spiro atoms. The summed E-state index contributed by atoms with van der Waals surface area (Å²) in [4.78, 5) is 16.0. The van der Waals surface area contributed by atoms with Crippen molar-refractivity contribution in [3.05, 3.63) is 48.2 Å². The summed E-state index contributed by atoms with van der Waals surface area (Å²) in [5, 5.41) is 17.4. The van der Waals surface area contributed by atoms with Gasteiger partial charge in [-0.1, -0.05) is 18.2 Å². The van der Waals surface area contributed by atoms with E-state index in [0.717, 1.165) is 30.2 Å². The van der Waals surface area contributed by atoms with Gasteiger partial charge in [-0.05, 0) is 36.6 Å². The number of amides is 1. The van der Waals surface area contributed by atoms with Gasteiger partial charge in [0.25, 0.3) is 0 Å². The number of carbonyl (C=O) groups is 1. The Morgan fingerprint density at radius 2 is 2.00 bits per heavy atom. The summed E-state index contributed by atoms with van der Waals surface area (Å²) in [6.07, 6.45) is 1.29. The summed E-state index contributed by atoms with van der Waals surface area (Å²) in [6, 6.07) is 13.6. The number of hydrogen-bond acceptors (Lipinski definition) is 5. The molecule has 6 nitrogen and oxygen atoms in total. The number of para-hydroxylation sites is 1. The molecule has 6 heteroatoms. The molecule has 24 heavy (non-hydrogen) atoms. The molecule has 2 heterocycles. The molecule has 126 valence electrons. The van der Waals surface area contributed by atoms with Gasteiger partial charge in [0.05, 0.1) is 12.3 Å². The SMILES string of the molecule is CN(CCO)c1ccc(C[C@@H]2CC(=O)N(c3ccccc3)C2)nn1. The molecule has 1 fully saturated rings. The van der Waals surface area contributed by atoms with Crippen LogP contribution in [0, 0.1) is 5.92 Å². The second-order valence-corrected chi connectivity index (χ2v) is 6.14. The first-order chi connectivity index (χ1) is 11.7. The maximum atomic E-state index is 12.3. The van der Waals surface area contributed by atoms with Gasteiger partial charge in [0.1, 0.15) is 0 Å². The molecule has 1 saturated heterocycles. The van der Waals surface area contributed by atoms with Crippen molar-refractivity contribution in [2.75, 3.05) is 36.5 Å². The lowest BCUT2D eigenvalue weighted by Gasteiger charge is -2.17. The van der Waals surface area contributed by atoms with Crippen LogP contribution in [0.2, 0.25) is 0 Å². The smallest absolute Gasteiger partial charge is 0.227 e. The number of likely N-dealkylation sites (N-methyl/N-ethyl adjacent to an activating group) is 1. The Morgan fingerprint density at radius 3 is 2.67 bits per heavy atom. The van der Waals surface area contributed by atoms with E-state index in [4.69, 9.17) is 5.11 Å². The monoisotopic (exact) mass is 326 g/mol. The average molecular weight is 326 g/mol. The molecular weight excluding hydrogens is 304 g/mol. The molecule has 1 N–H and O–H groups in total. The van der Waals surface area contributed by atoms with Gasteiger partial charge in [0, 0.05) is 32.2 Å². The van der Waals surface area contributed by atoms with Gasteiger partial charge >= 0.3 is 0 Å². The van der Waals surface area contributed by atoms with Crippen LogP contribution in [-0.4, -0.2) is 48.0 Å². The number of aromatic nitrogens is 2. The van der Waals surface area contributed by atoms with E-state index in [9.17, 15) is 4.79 Å². The van der Waals surface area contributed by atoms with Crippen molar-refractivity contribution in [2.45, 2.75) is 12.8 Å². The minimum Gasteiger partial charge on any atom is -0.395 e. The molecule has 1 atom stereocenters. The molecule has 0 bridgehead atoms. The number of anilines is 2. The third-order valence-electron chi connectivity index (χ3n) is 4.30. The Kier molecular flexibility index (Phi) is 5.05. The van der Waals surface area contributed by atoms with Gasteiger partial charge in [-0.3, -0.25) is 4.79 Å². The van der Waals surface area contributed by atoms with Crippen molar-refractivity contribution in [3.8, 4) is 0 Å². The van der Waals surface area contributed by atoms with E-state index in [-0.39, 0.29) is 18.4 Å². The van der Waals surface area contributed by atoms with Gasteiger partial charge in [0.2, 0.25) is 5.91 Å². The van der Waals surface area contributed by atoms with Gasteiger partial charge in [-0.2, -0.15) is 5.10 Å². The minimum absolute atomic E-state index is 0.0828. The van der Waals surface area contributed by atoms with Crippen LogP contribution in [0.15, 0.2) is 42.5 Å². The normalized spacial score (nSPS) is 17.3. The fourth-order valence-corrected chi connectivity index (χ4v) is 3.00. The lowest BCUT2D eigenvalue weighted by Crippen LogP contribution is -2.24. The molecular formula is C18H22N4O2. The van der Waals surface area contributed by atoms with Gasteiger partial charge < -0.3 is 14.9 Å². The van der Waals surface area contributed by atoms with E-state index >= 15 is 0 Å². The van der Waals surface area contributed by atoms with Crippen LogP contribution in [0.3, 0.4) is 0 Å². The van der Waals surface area contributed by atoms with Crippen LogP contribution in [0.25, 0.3) is 0 Å². The largest absolute Gasteiger partial charge is 0.395 e. The zero-order valence-corrected chi connectivity index (χ0v) is 13.8. The number of nitrogens with zero attached hydrogens (tertiary/aromatic N) is 4. The van der Waals surface area contributed by atoms with Crippen molar-refractivity contribution in [1.82, 2.24) is 10.2 Å². The second kappa shape index (κ2) is 7.40. The van der Waals surface area contributed by atoms with E-state index in [1.165, 1.54) is 0 Å². The van der Waals surface area contributed by atoms with Crippen molar-refractivity contribution in [3.63, 3.8) is 0 Å². The second-order valence-electron chi connectivity index (χ2n) is 6.14. The molecule has 0 saturated carbocycles. The first-order valence-corrected chi connectivity index (χ1v) is 8.17. The van der Waals surface area contributed by atoms with Crippen molar-refractivity contribution in [1.29, 1.82) is 0 Å². The third kappa shape index (κ3) is 3.71. The van der Waals surface area contributed by atoms with Gasteiger partial charge in [-0.15, -0.1) is 5.10 Å². The Bertz CT molecular complexity index is 675. The third-order valence-corrected chi connectivity index (χ3v) is 4.30. The van der Waals surface area contributed by atoms with Gasteiger partial charge in [-0.25, -0.2) is 0 Å². The van der Waals surface area contributed by atoms with Crippen LogP contribution in [0.4, 0.5) is 11.5 Å². The highest BCUT2D eigenvalue weighted by Crippen LogP contribution is 2.26. The van der Waals surface area contributed by atoms with E-state index in [2.05, 4.69) is 10.2 Å². The zero-order chi connectivity index (χ0) is 16.9. The topological polar surface area (TPSA) is 69.6 Å². The van der Waals surface area contributed by atoms with Crippen LogP contribution >= 0.6 is 0 Å². The van der Waals surface area contributed by atoms with E-state index in [1.807, 2.05) is 59.3 Å². The van der Waals surface area contributed by atoms with Crippen LogP contribution < -0.4 is 9.80 Å². The van der Waals surface area contributed by atoms with Crippen LogP contribution in [0.5, 0.6) is 0 Å². The van der Waals surface area contributed by atoms with Crippen molar-refractivity contribution in [2.24, 2.45) is 5.92 Å². The Balaban J connectivity index is 1.62. The number of aliphatic hydroxyl groups is 1. The standard InChI is InChI=1S/C18H22N4O2/c1-21(9-10-23)17-8-7-15(19-20-17)11-14-12-18(24)22(13-14)16-5-3-2-4-6-16/h2-8,14,23H,9-13H2,1H3/t14-/m1/s1. The number of rotatable bonds is 6. The van der Waals surface area contributed by atoms with Crippen LogP contribution in [-0.2, 0) is 11.2 Å². The Labute approximate surface area is 141 Å². The van der Waals surface area contributed by atoms with Crippen molar-refractivity contribution < 1.29 is 9.90 Å². The first-order valence-electron chi connectivity index (χ1n) is 8.17. The molecule has 1 aromatic heterocycles. The zero-order valence-electron chi connectivity index (χ0n) is 13.8. The minimum atomic E-state index is 0.0828. The summed E-state index contributed by atoms with van der Waals surface area (Å²) in [5.74, 6) is 1.16. The Hall–Kier alpha value is -2.47. The molecule has 1 aromatic carbocycles. The average Bonchev–Trinajstić information content (AvgIpc) is 2.97. The van der Waals surface area contributed by atoms with E-state index in [1.54, 1.807) is 0 Å². The van der Waals surface area contributed by atoms with Crippen LogP contribution in [0.1, 0.15) is 12.1 Å². The maximum Gasteiger partial charge on any atom is 0.227 e. The first kappa shape index (κ1) is 16.4. The fourth-order valence-electron chi connectivity index (χ4n) is 3.00. The predicted octanol–water partition coefficient (Wildman–Crippen LogP) is 1.50. The van der Waals surface area contributed by atoms with Crippen molar-refractivity contribution >= 4 is 17.4 Å². The molecule has 0 aliphatic carbocycles. The summed E-state index contributed by atoms with van der Waals surface area (Å²) in [5.41, 5.74) is 1.85. The lowest BCUT2D eigenvalue weighted by molar-refractivity contribution is -0.117. The highest BCUT2D eigenvalue weighted by molar-refractivity contribution is 5.95. The number of aliphatic hydroxyl groups excluding tert-OH is 1. The molecule has 1 amide bonds. The summed E-state index contributed by atoms with van der Waals surface area (Å²) in [6.45, 7) is 1.33. The van der Waals surface area contributed by atoms with E-state index < -0.39 is 0 Å². The quantitative estimate of drug-likeness (QED) is 0.871. The molecule has 3 rings (SSSR count). The fraction of sp³-hybridized carbons (Fsp3) is 0.389. The van der Waals surface area contributed by atoms with E-state index in [0.29, 0.717) is 13.0 Å². The molecule has 1 aliphatic rings. The van der Waals surface area contributed by atoms with Gasteiger partial charge in [0.15, 0.2) is 5.82 Å². The summed E-state index contributed by atoms with van der Waals surface area (Å²) >= 11 is 0. The highest BCUT2D eigenvalue weighted by Gasteiger charge is 2.30. The molecule has 0 unspecified atom stereocenters. The highest BCUT2D eigenvalue weighted by atomic mass is 16.3. The number of carbonyl (C=O) groups excluding carboxylic acids is 1. The molecule has 0 radical (unpaired) electrons. The molecule has 2 aromatic rings. The predicted molar refractivity (Wildman–Crippen MR) is 93.0 cm³/mol.